The van der Waals surface area contributed by atoms with Gasteiger partial charge in [0, 0.05) is 16.3 Å². The predicted octanol–water partition coefficient (Wildman–Crippen LogP) is 4.57. The molecule has 19 heavy (non-hydrogen) atoms. The summed E-state index contributed by atoms with van der Waals surface area (Å²) in [6, 6.07) is 14.8. The molecule has 0 fully saturated rings. The van der Waals surface area contributed by atoms with Crippen molar-refractivity contribution in [1.29, 1.82) is 5.41 Å². The molecule has 1 aliphatic heterocycles. The van der Waals surface area contributed by atoms with E-state index in [-0.39, 0.29) is 11.9 Å². The number of rotatable bonds is 2. The van der Waals surface area contributed by atoms with Gasteiger partial charge in [-0.05, 0) is 30.3 Å². The van der Waals surface area contributed by atoms with Gasteiger partial charge < -0.3 is 4.74 Å². The minimum Gasteiger partial charge on any atom is -0.441 e. The first-order chi connectivity index (χ1) is 9.16. The Morgan fingerprint density at radius 1 is 1.11 bits per heavy atom. The average Bonchev–Trinajstić information content (AvgIpc) is 2.74. The van der Waals surface area contributed by atoms with E-state index in [1.807, 2.05) is 52.5 Å². The summed E-state index contributed by atoms with van der Waals surface area (Å²) in [6.45, 7) is 0. The highest BCUT2D eigenvalue weighted by Gasteiger charge is 2.34. The fourth-order valence-corrected chi connectivity index (χ4v) is 2.84. The van der Waals surface area contributed by atoms with Crippen molar-refractivity contribution in [2.45, 2.75) is 6.04 Å². The molecular formula is C14H10BrClN2O. The topological polar surface area (TPSA) is 36.3 Å². The Balaban J connectivity index is 1.98. The number of halogens is 2. The molecule has 1 atom stereocenters. The van der Waals surface area contributed by atoms with Gasteiger partial charge in [0.05, 0.1) is 16.1 Å². The molecule has 5 heteroatoms. The summed E-state index contributed by atoms with van der Waals surface area (Å²) < 4.78 is 7.30. The Labute approximate surface area is 124 Å². The molecule has 0 bridgehead atoms. The molecule has 0 saturated carbocycles. The number of benzene rings is 2. The molecule has 1 unspecified atom stereocenters. The van der Waals surface area contributed by atoms with Gasteiger partial charge in [0.25, 0.3) is 0 Å². The summed E-state index contributed by atoms with van der Waals surface area (Å²) in [6.07, 6.45) is 0. The van der Waals surface area contributed by atoms with E-state index in [4.69, 9.17) is 21.7 Å². The van der Waals surface area contributed by atoms with Crippen molar-refractivity contribution in [3.05, 3.63) is 59.1 Å². The predicted molar refractivity (Wildman–Crippen MR) is 80.4 cm³/mol. The van der Waals surface area contributed by atoms with Crippen molar-refractivity contribution in [3.8, 4) is 5.75 Å². The van der Waals surface area contributed by atoms with Crippen LogP contribution in [0.3, 0.4) is 0 Å². The first-order valence-corrected chi connectivity index (χ1v) is 6.81. The minimum absolute atomic E-state index is 0.202. The molecule has 1 aliphatic rings. The molecule has 1 N–H and O–H groups in total. The lowest BCUT2D eigenvalue weighted by molar-refractivity contribution is 0.553. The standard InChI is InChI=1S/C14H10BrClN2O/c15-18(10-7-5-9(16)6-8-10)13-11-3-1-2-4-12(11)19-14(13)17/h1-8,13,17H. The Bertz CT molecular complexity index is 630. The van der Waals surface area contributed by atoms with Gasteiger partial charge >= 0.3 is 0 Å². The SMILES string of the molecule is N=C1Oc2ccccc2C1N(Br)c1ccc(Cl)cc1. The maximum absolute atomic E-state index is 7.99. The van der Waals surface area contributed by atoms with Crippen molar-refractivity contribution < 1.29 is 4.74 Å². The van der Waals surface area contributed by atoms with Gasteiger partial charge in [-0.3, -0.25) is 9.34 Å². The van der Waals surface area contributed by atoms with Crippen LogP contribution in [0.15, 0.2) is 48.5 Å². The van der Waals surface area contributed by atoms with E-state index < -0.39 is 0 Å². The average molecular weight is 338 g/mol. The van der Waals surface area contributed by atoms with Gasteiger partial charge in [0.15, 0.2) is 0 Å². The molecular weight excluding hydrogens is 328 g/mol. The molecule has 1 heterocycles. The Morgan fingerprint density at radius 3 is 2.53 bits per heavy atom. The molecule has 0 aliphatic carbocycles. The van der Waals surface area contributed by atoms with E-state index in [1.54, 1.807) is 0 Å². The van der Waals surface area contributed by atoms with Crippen molar-refractivity contribution in [2.75, 3.05) is 3.93 Å². The van der Waals surface area contributed by atoms with E-state index in [0.29, 0.717) is 5.02 Å². The van der Waals surface area contributed by atoms with E-state index in [2.05, 4.69) is 16.1 Å². The maximum Gasteiger partial charge on any atom is 0.215 e. The molecule has 0 saturated heterocycles. The monoisotopic (exact) mass is 336 g/mol. The van der Waals surface area contributed by atoms with Crippen molar-refractivity contribution in [2.24, 2.45) is 0 Å². The highest BCUT2D eigenvalue weighted by Crippen LogP contribution is 2.40. The van der Waals surface area contributed by atoms with Crippen LogP contribution in [0.1, 0.15) is 11.6 Å². The number of nitrogens with one attached hydrogen (secondary N) is 1. The molecule has 2 aromatic carbocycles. The highest BCUT2D eigenvalue weighted by molar-refractivity contribution is 9.10. The zero-order valence-electron chi connectivity index (χ0n) is 9.81. The fraction of sp³-hybridized carbons (Fsp3) is 0.0714. The van der Waals surface area contributed by atoms with Gasteiger partial charge in [0.1, 0.15) is 11.8 Å². The number of hydrogen-bond acceptors (Lipinski definition) is 3. The van der Waals surface area contributed by atoms with Crippen molar-refractivity contribution >= 4 is 39.3 Å². The van der Waals surface area contributed by atoms with Crippen LogP contribution >= 0.6 is 27.7 Å². The number of anilines is 1. The second kappa shape index (κ2) is 4.87. The first kappa shape index (κ1) is 12.5. The second-order valence-corrected chi connectivity index (χ2v) is 5.39. The summed E-state index contributed by atoms with van der Waals surface area (Å²) in [5, 5.41) is 8.68. The molecule has 0 aromatic heterocycles. The smallest absolute Gasteiger partial charge is 0.215 e. The summed E-state index contributed by atoms with van der Waals surface area (Å²) >= 11 is 9.40. The van der Waals surface area contributed by atoms with Crippen LogP contribution in [0.5, 0.6) is 5.75 Å². The summed E-state index contributed by atoms with van der Waals surface area (Å²) in [4.78, 5) is 0. The second-order valence-electron chi connectivity index (χ2n) is 4.19. The third-order valence-electron chi connectivity index (χ3n) is 2.98. The summed E-state index contributed by atoms with van der Waals surface area (Å²) in [5.41, 5.74) is 1.89. The zero-order valence-corrected chi connectivity index (χ0v) is 12.1. The Morgan fingerprint density at radius 2 is 1.79 bits per heavy atom. The Hall–Kier alpha value is -1.52. The maximum atomic E-state index is 7.99. The minimum atomic E-state index is -0.266. The van der Waals surface area contributed by atoms with E-state index in [9.17, 15) is 0 Å². The molecule has 2 aromatic rings. The number of para-hydroxylation sites is 1. The van der Waals surface area contributed by atoms with Crippen LogP contribution in [-0.2, 0) is 0 Å². The Kier molecular flexibility index (Phi) is 3.21. The van der Waals surface area contributed by atoms with Gasteiger partial charge in [-0.15, -0.1) is 0 Å². The van der Waals surface area contributed by atoms with E-state index in [1.165, 1.54) is 0 Å². The summed E-state index contributed by atoms with van der Waals surface area (Å²) in [5.74, 6) is 0.934. The van der Waals surface area contributed by atoms with Crippen molar-refractivity contribution in [1.82, 2.24) is 0 Å². The lowest BCUT2D eigenvalue weighted by Crippen LogP contribution is -2.23. The van der Waals surface area contributed by atoms with Gasteiger partial charge in [-0.1, -0.05) is 29.8 Å². The number of fused-ring (bicyclic) bond motifs is 1. The molecule has 3 rings (SSSR count). The zero-order chi connectivity index (χ0) is 13.4. The van der Waals surface area contributed by atoms with Crippen LogP contribution < -0.4 is 8.66 Å². The van der Waals surface area contributed by atoms with Gasteiger partial charge in [-0.2, -0.15) is 0 Å². The lowest BCUT2D eigenvalue weighted by Gasteiger charge is -2.22. The first-order valence-electron chi connectivity index (χ1n) is 5.72. The van der Waals surface area contributed by atoms with E-state index in [0.717, 1.165) is 17.0 Å². The van der Waals surface area contributed by atoms with Gasteiger partial charge in [-0.25, -0.2) is 0 Å². The summed E-state index contributed by atoms with van der Waals surface area (Å²) in [7, 11) is 0. The van der Waals surface area contributed by atoms with Crippen LogP contribution in [0.25, 0.3) is 0 Å². The molecule has 3 nitrogen and oxygen atoms in total. The molecule has 0 radical (unpaired) electrons. The quantitative estimate of drug-likeness (QED) is 0.815. The number of nitrogens with zero attached hydrogens (tertiary/aromatic N) is 1. The number of hydrogen-bond donors (Lipinski definition) is 1. The van der Waals surface area contributed by atoms with Gasteiger partial charge in [0.2, 0.25) is 5.90 Å². The molecule has 0 amide bonds. The third-order valence-corrected chi connectivity index (χ3v) is 4.05. The van der Waals surface area contributed by atoms with E-state index >= 15 is 0 Å². The lowest BCUT2D eigenvalue weighted by atomic mass is 10.1. The fourth-order valence-electron chi connectivity index (χ4n) is 2.07. The third kappa shape index (κ3) is 2.22. The van der Waals surface area contributed by atoms with Crippen LogP contribution in [0.2, 0.25) is 5.02 Å². The number of ether oxygens (including phenoxy) is 1. The molecule has 0 spiro atoms. The van der Waals surface area contributed by atoms with Crippen LogP contribution in [0.4, 0.5) is 5.69 Å². The van der Waals surface area contributed by atoms with Crippen molar-refractivity contribution in [3.63, 3.8) is 0 Å². The largest absolute Gasteiger partial charge is 0.441 e. The normalized spacial score (nSPS) is 16.9. The van der Waals surface area contributed by atoms with Crippen LogP contribution in [0, 0.1) is 5.41 Å². The highest BCUT2D eigenvalue weighted by atomic mass is 79.9. The molecule has 96 valence electrons. The van der Waals surface area contributed by atoms with Crippen LogP contribution in [-0.4, -0.2) is 5.90 Å².